The van der Waals surface area contributed by atoms with E-state index in [1.807, 2.05) is 30.6 Å². The van der Waals surface area contributed by atoms with E-state index in [2.05, 4.69) is 53.1 Å². The number of aromatic nitrogens is 4. The maximum absolute atomic E-state index is 4.89. The number of pyridine rings is 3. The molecule has 1 saturated heterocycles. The van der Waals surface area contributed by atoms with Crippen LogP contribution in [0.2, 0.25) is 0 Å². The molecule has 4 aromatic rings. The molecule has 31 heavy (non-hydrogen) atoms. The van der Waals surface area contributed by atoms with Crippen LogP contribution >= 0.6 is 11.3 Å². The first-order valence-corrected chi connectivity index (χ1v) is 11.5. The molecule has 5 heterocycles. The zero-order valence-corrected chi connectivity index (χ0v) is 18.9. The number of fused-ring (bicyclic) bond motifs is 1. The highest BCUT2D eigenvalue weighted by Gasteiger charge is 2.21. The Morgan fingerprint density at radius 1 is 1.10 bits per heavy atom. The lowest BCUT2D eigenvalue weighted by molar-refractivity contribution is 0.257. The van der Waals surface area contributed by atoms with Gasteiger partial charge in [-0.15, -0.1) is 11.3 Å². The molecule has 7 heteroatoms. The summed E-state index contributed by atoms with van der Waals surface area (Å²) in [7, 11) is 0. The summed E-state index contributed by atoms with van der Waals surface area (Å²) in [6, 6.07) is 10.8. The second kappa shape index (κ2) is 8.32. The number of rotatable bonds is 5. The van der Waals surface area contributed by atoms with Crippen LogP contribution in [0.25, 0.3) is 20.9 Å². The summed E-state index contributed by atoms with van der Waals surface area (Å²) in [6.07, 6.45) is 6.23. The standard InChI is InChI=1S/C24H26N6S/c1-15-8-9-21(27-19(15)14-30-11-5-7-17(30)3)29-22-12-18-20(13-26-22)31-24(28-18)23-16(2)6-4-10-25-23/h4,6,8-10,12-13,17H,5,7,11,14H2,1-3H3,(H,26,27,29)/t17-/m1/s1. The Bertz CT molecular complexity index is 1230. The van der Waals surface area contributed by atoms with Crippen LogP contribution in [0.4, 0.5) is 11.6 Å². The minimum Gasteiger partial charge on any atom is -0.325 e. The topological polar surface area (TPSA) is 66.8 Å². The van der Waals surface area contributed by atoms with E-state index in [0.717, 1.165) is 56.9 Å². The van der Waals surface area contributed by atoms with Gasteiger partial charge < -0.3 is 5.32 Å². The lowest BCUT2D eigenvalue weighted by atomic mass is 10.2. The highest BCUT2D eigenvalue weighted by Crippen LogP contribution is 2.31. The van der Waals surface area contributed by atoms with Crippen LogP contribution in [0.15, 0.2) is 42.7 Å². The van der Waals surface area contributed by atoms with E-state index in [0.29, 0.717) is 6.04 Å². The van der Waals surface area contributed by atoms with Gasteiger partial charge in [-0.25, -0.2) is 15.0 Å². The monoisotopic (exact) mass is 430 g/mol. The normalized spacial score (nSPS) is 16.8. The van der Waals surface area contributed by atoms with Crippen LogP contribution in [0.5, 0.6) is 0 Å². The van der Waals surface area contributed by atoms with E-state index in [1.54, 1.807) is 11.3 Å². The number of aryl methyl sites for hydroxylation is 2. The van der Waals surface area contributed by atoms with Gasteiger partial charge in [0.05, 0.1) is 15.9 Å². The van der Waals surface area contributed by atoms with Gasteiger partial charge in [-0.1, -0.05) is 12.1 Å². The third kappa shape index (κ3) is 4.16. The molecule has 1 fully saturated rings. The maximum Gasteiger partial charge on any atom is 0.143 e. The van der Waals surface area contributed by atoms with Crippen LogP contribution in [0.3, 0.4) is 0 Å². The Kier molecular flexibility index (Phi) is 5.38. The Morgan fingerprint density at radius 2 is 2.00 bits per heavy atom. The minimum atomic E-state index is 0.628. The van der Waals surface area contributed by atoms with E-state index in [4.69, 9.17) is 9.97 Å². The summed E-state index contributed by atoms with van der Waals surface area (Å²) in [6.45, 7) is 8.54. The predicted octanol–water partition coefficient (Wildman–Crippen LogP) is 5.49. The number of nitrogens with one attached hydrogen (secondary N) is 1. The highest BCUT2D eigenvalue weighted by molar-refractivity contribution is 7.21. The van der Waals surface area contributed by atoms with Gasteiger partial charge in [0.1, 0.15) is 22.3 Å². The van der Waals surface area contributed by atoms with Gasteiger partial charge in [0.25, 0.3) is 0 Å². The minimum absolute atomic E-state index is 0.628. The molecule has 1 atom stereocenters. The van der Waals surface area contributed by atoms with Gasteiger partial charge in [-0.3, -0.25) is 9.88 Å². The van der Waals surface area contributed by atoms with Gasteiger partial charge >= 0.3 is 0 Å². The summed E-state index contributed by atoms with van der Waals surface area (Å²) < 4.78 is 1.05. The number of hydrogen-bond acceptors (Lipinski definition) is 7. The van der Waals surface area contributed by atoms with Crippen LogP contribution in [-0.2, 0) is 6.54 Å². The van der Waals surface area contributed by atoms with E-state index in [9.17, 15) is 0 Å². The first kappa shape index (κ1) is 20.0. The zero-order valence-electron chi connectivity index (χ0n) is 18.1. The summed E-state index contributed by atoms with van der Waals surface area (Å²) in [5.74, 6) is 1.56. The average molecular weight is 431 g/mol. The second-order valence-electron chi connectivity index (χ2n) is 8.27. The lowest BCUT2D eigenvalue weighted by Crippen LogP contribution is -2.27. The summed E-state index contributed by atoms with van der Waals surface area (Å²) in [5, 5.41) is 4.29. The molecule has 0 bridgehead atoms. The third-order valence-electron chi connectivity index (χ3n) is 5.99. The lowest BCUT2D eigenvalue weighted by Gasteiger charge is -2.21. The van der Waals surface area contributed by atoms with Crippen molar-refractivity contribution < 1.29 is 0 Å². The van der Waals surface area contributed by atoms with Gasteiger partial charge in [-0.05, 0) is 63.4 Å². The average Bonchev–Trinajstić information content (AvgIpc) is 3.36. The molecule has 158 valence electrons. The van der Waals surface area contributed by atoms with Crippen molar-refractivity contribution in [3.63, 3.8) is 0 Å². The number of nitrogens with zero attached hydrogens (tertiary/aromatic N) is 5. The third-order valence-corrected chi connectivity index (χ3v) is 7.00. The van der Waals surface area contributed by atoms with Gasteiger partial charge in [0, 0.05) is 31.0 Å². The molecule has 0 saturated carbocycles. The van der Waals surface area contributed by atoms with Crippen molar-refractivity contribution in [2.45, 2.75) is 46.2 Å². The SMILES string of the molecule is Cc1ccc(Nc2cc3nc(-c4ncccc4C)sc3cn2)nc1CN1CCC[C@H]1C. The Morgan fingerprint density at radius 3 is 2.81 bits per heavy atom. The van der Waals surface area contributed by atoms with Crippen LogP contribution in [0.1, 0.15) is 36.6 Å². The molecule has 4 aromatic heterocycles. The Labute approximate surface area is 186 Å². The largest absolute Gasteiger partial charge is 0.325 e. The van der Waals surface area contributed by atoms with Crippen molar-refractivity contribution in [3.8, 4) is 10.7 Å². The van der Waals surface area contributed by atoms with Crippen LogP contribution in [-0.4, -0.2) is 37.4 Å². The fraction of sp³-hybridized carbons (Fsp3) is 0.333. The quantitative estimate of drug-likeness (QED) is 0.451. The molecule has 0 unspecified atom stereocenters. The molecule has 0 aromatic carbocycles. The second-order valence-corrected chi connectivity index (χ2v) is 9.30. The van der Waals surface area contributed by atoms with Gasteiger partial charge in [0.15, 0.2) is 0 Å². The molecular weight excluding hydrogens is 404 g/mol. The predicted molar refractivity (Wildman–Crippen MR) is 127 cm³/mol. The number of hydrogen-bond donors (Lipinski definition) is 1. The maximum atomic E-state index is 4.89. The first-order chi connectivity index (χ1) is 15.1. The summed E-state index contributed by atoms with van der Waals surface area (Å²) >= 11 is 1.62. The van der Waals surface area contributed by atoms with Gasteiger partial charge in [0.2, 0.25) is 0 Å². The van der Waals surface area contributed by atoms with Crippen molar-refractivity contribution in [2.24, 2.45) is 0 Å². The summed E-state index contributed by atoms with van der Waals surface area (Å²) in [5.41, 5.74) is 5.32. The van der Waals surface area contributed by atoms with Crippen LogP contribution < -0.4 is 5.32 Å². The molecule has 0 spiro atoms. The van der Waals surface area contributed by atoms with Crippen molar-refractivity contribution in [1.29, 1.82) is 0 Å². The molecule has 0 amide bonds. The summed E-state index contributed by atoms with van der Waals surface area (Å²) in [4.78, 5) is 21.3. The molecule has 0 aliphatic carbocycles. The number of thiazole rings is 1. The number of anilines is 2. The van der Waals surface area contributed by atoms with Crippen molar-refractivity contribution in [2.75, 3.05) is 11.9 Å². The Hall–Kier alpha value is -2.90. The molecule has 1 N–H and O–H groups in total. The zero-order chi connectivity index (χ0) is 21.4. The Balaban J connectivity index is 1.39. The van der Waals surface area contributed by atoms with Crippen molar-refractivity contribution in [1.82, 2.24) is 24.8 Å². The van der Waals surface area contributed by atoms with E-state index in [-0.39, 0.29) is 0 Å². The van der Waals surface area contributed by atoms with Crippen molar-refractivity contribution >= 4 is 33.2 Å². The molecule has 5 rings (SSSR count). The molecule has 1 aliphatic rings. The molecule has 1 aliphatic heterocycles. The molecule has 0 radical (unpaired) electrons. The fourth-order valence-corrected chi connectivity index (χ4v) is 5.04. The van der Waals surface area contributed by atoms with E-state index < -0.39 is 0 Å². The van der Waals surface area contributed by atoms with E-state index in [1.165, 1.54) is 18.4 Å². The highest BCUT2D eigenvalue weighted by atomic mass is 32.1. The van der Waals surface area contributed by atoms with Crippen LogP contribution in [0, 0.1) is 13.8 Å². The number of likely N-dealkylation sites (tertiary alicyclic amines) is 1. The molecule has 6 nitrogen and oxygen atoms in total. The van der Waals surface area contributed by atoms with Crippen molar-refractivity contribution in [3.05, 3.63) is 59.5 Å². The van der Waals surface area contributed by atoms with Gasteiger partial charge in [-0.2, -0.15) is 0 Å². The smallest absolute Gasteiger partial charge is 0.143 e. The molecular formula is C24H26N6S. The first-order valence-electron chi connectivity index (χ1n) is 10.7. The van der Waals surface area contributed by atoms with E-state index >= 15 is 0 Å². The fourth-order valence-electron chi connectivity index (χ4n) is 4.07.